The van der Waals surface area contributed by atoms with Crippen molar-refractivity contribution in [3.8, 4) is 0 Å². The van der Waals surface area contributed by atoms with Crippen LogP contribution in [-0.2, 0) is 0 Å². The van der Waals surface area contributed by atoms with Crippen LogP contribution >= 0.6 is 23.1 Å². The fourth-order valence-electron chi connectivity index (χ4n) is 1.63. The zero-order valence-corrected chi connectivity index (χ0v) is 7.74. The van der Waals surface area contributed by atoms with Crippen LogP contribution in [-0.4, -0.2) is 9.75 Å². The Labute approximate surface area is 75.6 Å². The maximum absolute atomic E-state index is 6.00. The van der Waals surface area contributed by atoms with Crippen LogP contribution < -0.4 is 0 Å². The molecule has 1 aliphatic carbocycles. The molecule has 1 saturated carbocycles. The van der Waals surface area contributed by atoms with Crippen LogP contribution in [0.5, 0.6) is 0 Å². The highest BCUT2D eigenvalue weighted by Crippen LogP contribution is 2.36. The van der Waals surface area contributed by atoms with Crippen molar-refractivity contribution in [2.45, 2.75) is 30.6 Å². The summed E-state index contributed by atoms with van der Waals surface area (Å²) >= 11 is 7.53. The van der Waals surface area contributed by atoms with Gasteiger partial charge in [-0.15, -0.1) is 11.6 Å². The molecule has 0 radical (unpaired) electrons. The van der Waals surface area contributed by atoms with E-state index in [1.165, 1.54) is 23.6 Å². The van der Waals surface area contributed by atoms with E-state index in [1.54, 1.807) is 0 Å². The van der Waals surface area contributed by atoms with E-state index in [-0.39, 0.29) is 0 Å². The number of rotatable bonds is 1. The molecule has 0 aromatic carbocycles. The lowest BCUT2D eigenvalue weighted by atomic mass is 10.1. The van der Waals surface area contributed by atoms with Crippen molar-refractivity contribution in [2.75, 3.05) is 0 Å². The van der Waals surface area contributed by atoms with Crippen molar-refractivity contribution in [2.24, 2.45) is 0 Å². The summed E-state index contributed by atoms with van der Waals surface area (Å²) in [4.78, 5) is 0. The van der Waals surface area contributed by atoms with Crippen LogP contribution in [0.2, 0.25) is 0 Å². The number of nitrogens with zero attached hydrogens (tertiary/aromatic N) is 1. The second-order valence-electron chi connectivity index (χ2n) is 3.03. The summed E-state index contributed by atoms with van der Waals surface area (Å²) < 4.78 is 4.32. The van der Waals surface area contributed by atoms with Crippen molar-refractivity contribution in [1.29, 1.82) is 0 Å². The highest BCUT2D eigenvalue weighted by atomic mass is 35.5. The lowest BCUT2D eigenvalue weighted by Gasteiger charge is -2.02. The van der Waals surface area contributed by atoms with E-state index >= 15 is 0 Å². The van der Waals surface area contributed by atoms with Gasteiger partial charge >= 0.3 is 0 Å². The highest BCUT2D eigenvalue weighted by Gasteiger charge is 2.25. The molecule has 1 heterocycles. The van der Waals surface area contributed by atoms with E-state index in [0.29, 0.717) is 11.3 Å². The Balaban J connectivity index is 2.08. The SMILES string of the molecule is ClC1CCC(c2ccsn2)C1. The third-order valence-electron chi connectivity index (χ3n) is 2.24. The van der Waals surface area contributed by atoms with Gasteiger partial charge in [0.1, 0.15) is 0 Å². The lowest BCUT2D eigenvalue weighted by Crippen LogP contribution is -1.93. The van der Waals surface area contributed by atoms with Gasteiger partial charge in [-0.1, -0.05) is 0 Å². The fourth-order valence-corrected chi connectivity index (χ4v) is 2.56. The first-order chi connectivity index (χ1) is 5.36. The van der Waals surface area contributed by atoms with Gasteiger partial charge in [-0.2, -0.15) is 4.37 Å². The Kier molecular flexibility index (Phi) is 2.14. The molecule has 0 spiro atoms. The highest BCUT2D eigenvalue weighted by molar-refractivity contribution is 7.03. The third kappa shape index (κ3) is 1.57. The maximum Gasteiger partial charge on any atom is 0.0573 e. The van der Waals surface area contributed by atoms with E-state index in [2.05, 4.69) is 10.4 Å². The Morgan fingerprint density at radius 2 is 2.45 bits per heavy atom. The summed E-state index contributed by atoms with van der Waals surface area (Å²) in [6.45, 7) is 0. The first-order valence-electron chi connectivity index (χ1n) is 3.90. The molecule has 0 aliphatic heterocycles. The number of hydrogen-bond donors (Lipinski definition) is 0. The molecule has 0 amide bonds. The number of halogens is 1. The molecule has 1 aromatic heterocycles. The Hall–Kier alpha value is -0.0800. The normalized spacial score (nSPS) is 31.0. The average Bonchev–Trinajstić information content (AvgIpc) is 2.55. The van der Waals surface area contributed by atoms with Gasteiger partial charge in [-0.25, -0.2) is 0 Å². The van der Waals surface area contributed by atoms with E-state index in [4.69, 9.17) is 11.6 Å². The van der Waals surface area contributed by atoms with Gasteiger partial charge in [-0.3, -0.25) is 0 Å². The van der Waals surface area contributed by atoms with E-state index in [9.17, 15) is 0 Å². The molecule has 0 bridgehead atoms. The molecular formula is C8H10ClNS. The molecule has 2 unspecified atom stereocenters. The third-order valence-corrected chi connectivity index (χ3v) is 3.22. The zero-order valence-electron chi connectivity index (χ0n) is 6.16. The van der Waals surface area contributed by atoms with Crippen molar-refractivity contribution < 1.29 is 0 Å². The molecule has 11 heavy (non-hydrogen) atoms. The van der Waals surface area contributed by atoms with Crippen LogP contribution in [0.1, 0.15) is 30.9 Å². The molecule has 1 aliphatic rings. The number of alkyl halides is 1. The Bertz CT molecular complexity index is 222. The molecule has 0 saturated heterocycles. The van der Waals surface area contributed by atoms with Gasteiger partial charge < -0.3 is 0 Å². The first-order valence-corrected chi connectivity index (χ1v) is 5.18. The predicted molar refractivity (Wildman–Crippen MR) is 48.3 cm³/mol. The van der Waals surface area contributed by atoms with E-state index in [1.807, 2.05) is 5.38 Å². The molecule has 1 nitrogen and oxygen atoms in total. The molecule has 2 atom stereocenters. The molecular weight excluding hydrogens is 178 g/mol. The zero-order chi connectivity index (χ0) is 7.68. The van der Waals surface area contributed by atoms with Crippen molar-refractivity contribution in [1.82, 2.24) is 4.37 Å². The largest absolute Gasteiger partial charge is 0.197 e. The summed E-state index contributed by atoms with van der Waals surface area (Å²) in [5, 5.41) is 2.43. The van der Waals surface area contributed by atoms with Crippen molar-refractivity contribution in [3.05, 3.63) is 17.1 Å². The Morgan fingerprint density at radius 1 is 1.55 bits per heavy atom. The minimum absolute atomic E-state index is 0.390. The topological polar surface area (TPSA) is 12.9 Å². The minimum Gasteiger partial charge on any atom is -0.197 e. The van der Waals surface area contributed by atoms with Gasteiger partial charge in [0.25, 0.3) is 0 Å². The number of hydrogen-bond acceptors (Lipinski definition) is 2. The predicted octanol–water partition coefficient (Wildman–Crippen LogP) is 3.02. The van der Waals surface area contributed by atoms with Gasteiger partial charge in [0.2, 0.25) is 0 Å². The minimum atomic E-state index is 0.390. The van der Waals surface area contributed by atoms with Crippen LogP contribution in [0, 0.1) is 0 Å². The molecule has 2 rings (SSSR count). The summed E-state index contributed by atoms with van der Waals surface area (Å²) in [6.07, 6.45) is 3.49. The van der Waals surface area contributed by atoms with Crippen LogP contribution in [0.25, 0.3) is 0 Å². The second kappa shape index (κ2) is 3.11. The first kappa shape index (κ1) is 7.56. The average molecular weight is 188 g/mol. The van der Waals surface area contributed by atoms with Crippen LogP contribution in [0.3, 0.4) is 0 Å². The summed E-state index contributed by atoms with van der Waals surface area (Å²) in [5.74, 6) is 0.642. The maximum atomic E-state index is 6.00. The molecule has 1 aromatic rings. The number of aromatic nitrogens is 1. The standard InChI is InChI=1S/C8H10ClNS/c9-7-2-1-6(5-7)8-3-4-11-10-8/h3-4,6-7H,1-2,5H2. The molecule has 60 valence electrons. The van der Waals surface area contributed by atoms with E-state index < -0.39 is 0 Å². The summed E-state index contributed by atoms with van der Waals surface area (Å²) in [6, 6.07) is 2.12. The summed E-state index contributed by atoms with van der Waals surface area (Å²) in [7, 11) is 0. The van der Waals surface area contributed by atoms with Gasteiger partial charge in [0.05, 0.1) is 5.69 Å². The molecule has 3 heteroatoms. The molecule has 0 N–H and O–H groups in total. The summed E-state index contributed by atoms with van der Waals surface area (Å²) in [5.41, 5.74) is 1.25. The van der Waals surface area contributed by atoms with Crippen LogP contribution in [0.4, 0.5) is 0 Å². The monoisotopic (exact) mass is 187 g/mol. The van der Waals surface area contributed by atoms with Gasteiger partial charge in [-0.05, 0) is 36.9 Å². The van der Waals surface area contributed by atoms with Crippen molar-refractivity contribution in [3.63, 3.8) is 0 Å². The molecule has 1 fully saturated rings. The van der Waals surface area contributed by atoms with E-state index in [0.717, 1.165) is 12.8 Å². The Morgan fingerprint density at radius 3 is 3.00 bits per heavy atom. The van der Waals surface area contributed by atoms with Crippen LogP contribution in [0.15, 0.2) is 11.4 Å². The van der Waals surface area contributed by atoms with Gasteiger partial charge in [0, 0.05) is 16.7 Å². The quantitative estimate of drug-likeness (QED) is 0.616. The smallest absolute Gasteiger partial charge is 0.0573 e. The fraction of sp³-hybridized carbons (Fsp3) is 0.625. The second-order valence-corrected chi connectivity index (χ2v) is 4.31. The van der Waals surface area contributed by atoms with Gasteiger partial charge in [0.15, 0.2) is 0 Å². The van der Waals surface area contributed by atoms with Crippen molar-refractivity contribution >= 4 is 23.1 Å². The lowest BCUT2D eigenvalue weighted by molar-refractivity contribution is 0.708.